The Kier molecular flexibility index (Phi) is 6.93. The molecule has 0 radical (unpaired) electrons. The largest absolute Gasteiger partial charge is 0.456 e. The van der Waals surface area contributed by atoms with Gasteiger partial charge in [0.1, 0.15) is 11.2 Å². The Hall–Kier alpha value is -7.16. The summed E-state index contributed by atoms with van der Waals surface area (Å²) in [5.74, 6) is 0. The number of rotatable bonds is 5. The molecule has 10 aromatic rings. The highest BCUT2D eigenvalue weighted by molar-refractivity contribution is 6.15. The fourth-order valence-corrected chi connectivity index (χ4v) is 10.7. The van der Waals surface area contributed by atoms with E-state index < -0.39 is 5.41 Å². The minimum Gasteiger partial charge on any atom is -0.456 e. The van der Waals surface area contributed by atoms with Gasteiger partial charge in [0.15, 0.2) is 0 Å². The molecule has 12 rings (SSSR count). The highest BCUT2D eigenvalue weighted by Crippen LogP contribution is 2.59. The zero-order valence-electron chi connectivity index (χ0n) is 32.4. The van der Waals surface area contributed by atoms with E-state index in [2.05, 4.69) is 219 Å². The maximum absolute atomic E-state index is 6.56. The molecule has 0 unspecified atom stereocenters. The summed E-state index contributed by atoms with van der Waals surface area (Å²) in [6.45, 7) is 4.77. The minimum absolute atomic E-state index is 0.198. The van der Waals surface area contributed by atoms with Gasteiger partial charge in [-0.05, 0) is 97.2 Å². The lowest BCUT2D eigenvalue weighted by molar-refractivity contribution is 0.666. The molecule has 0 bridgehead atoms. The average molecular weight is 742 g/mol. The molecule has 0 N–H and O–H groups in total. The van der Waals surface area contributed by atoms with Gasteiger partial charge in [0.2, 0.25) is 0 Å². The van der Waals surface area contributed by atoms with Gasteiger partial charge in [0.25, 0.3) is 0 Å². The van der Waals surface area contributed by atoms with Crippen molar-refractivity contribution >= 4 is 49.8 Å². The third-order valence-electron chi connectivity index (χ3n) is 13.1. The average Bonchev–Trinajstić information content (AvgIpc) is 3.89. The van der Waals surface area contributed by atoms with Crippen LogP contribution in [0.3, 0.4) is 0 Å². The van der Waals surface area contributed by atoms with Crippen LogP contribution >= 0.6 is 0 Å². The summed E-state index contributed by atoms with van der Waals surface area (Å²) in [5, 5.41) is 4.74. The van der Waals surface area contributed by atoms with Gasteiger partial charge < -0.3 is 9.32 Å². The van der Waals surface area contributed by atoms with Gasteiger partial charge in [0, 0.05) is 22.1 Å². The van der Waals surface area contributed by atoms with Crippen LogP contribution in [0.4, 0.5) is 17.1 Å². The quantitative estimate of drug-likeness (QED) is 0.175. The summed E-state index contributed by atoms with van der Waals surface area (Å²) >= 11 is 0. The second-order valence-corrected chi connectivity index (χ2v) is 16.4. The van der Waals surface area contributed by atoms with Crippen LogP contribution in [-0.4, -0.2) is 0 Å². The maximum atomic E-state index is 6.56. The second-order valence-electron chi connectivity index (χ2n) is 16.4. The number of benzene rings is 9. The van der Waals surface area contributed by atoms with E-state index in [0.717, 1.165) is 39.0 Å². The Morgan fingerprint density at radius 1 is 0.431 bits per heavy atom. The molecule has 0 saturated carbocycles. The number of para-hydroxylation sites is 1. The first-order valence-corrected chi connectivity index (χ1v) is 20.3. The first-order valence-electron chi connectivity index (χ1n) is 20.3. The molecule has 1 aromatic heterocycles. The van der Waals surface area contributed by atoms with Crippen LogP contribution in [0.15, 0.2) is 205 Å². The van der Waals surface area contributed by atoms with Crippen LogP contribution in [0, 0.1) is 0 Å². The normalized spacial score (nSPS) is 14.3. The van der Waals surface area contributed by atoms with Gasteiger partial charge in [-0.15, -0.1) is 0 Å². The Balaban J connectivity index is 1.17. The number of hydrogen-bond acceptors (Lipinski definition) is 2. The highest BCUT2D eigenvalue weighted by Gasteiger charge is 2.46. The SMILES string of the molecule is CC1(C)c2ccccc2-c2c(N(c3ccc(C4(c5ccccc5)c5ccccc5-c5ccccc54)cc3)c3cccc4oc5ccccc5c34)cc3ccccc3c21. The van der Waals surface area contributed by atoms with Gasteiger partial charge in [-0.3, -0.25) is 0 Å². The lowest BCUT2D eigenvalue weighted by Crippen LogP contribution is -2.28. The van der Waals surface area contributed by atoms with Crippen molar-refractivity contribution in [2.75, 3.05) is 4.90 Å². The number of hydrogen-bond donors (Lipinski definition) is 0. The molecule has 0 aliphatic heterocycles. The molecule has 0 saturated heterocycles. The van der Waals surface area contributed by atoms with E-state index in [-0.39, 0.29) is 5.41 Å². The summed E-state index contributed by atoms with van der Waals surface area (Å²) < 4.78 is 6.56. The molecule has 2 aliphatic carbocycles. The fourth-order valence-electron chi connectivity index (χ4n) is 10.7. The summed E-state index contributed by atoms with van der Waals surface area (Å²) in [6.07, 6.45) is 0. The van der Waals surface area contributed by atoms with E-state index in [9.17, 15) is 0 Å². The number of furan rings is 1. The van der Waals surface area contributed by atoms with Crippen LogP contribution in [0.2, 0.25) is 0 Å². The van der Waals surface area contributed by atoms with Crippen molar-refractivity contribution in [1.29, 1.82) is 0 Å². The Bertz CT molecular complexity index is 3210. The fraction of sp³-hybridized carbons (Fsp3) is 0.0714. The second kappa shape index (κ2) is 12.2. The van der Waals surface area contributed by atoms with Gasteiger partial charge in [0.05, 0.1) is 22.2 Å². The Labute approximate surface area is 338 Å². The van der Waals surface area contributed by atoms with Crippen LogP contribution in [-0.2, 0) is 10.8 Å². The molecule has 1 heterocycles. The van der Waals surface area contributed by atoms with Crippen molar-refractivity contribution < 1.29 is 4.42 Å². The first-order chi connectivity index (χ1) is 28.5. The van der Waals surface area contributed by atoms with Crippen molar-refractivity contribution in [3.05, 3.63) is 234 Å². The molecule has 274 valence electrons. The van der Waals surface area contributed by atoms with Crippen LogP contribution in [0.5, 0.6) is 0 Å². The summed E-state index contributed by atoms with van der Waals surface area (Å²) in [5.41, 5.74) is 17.4. The smallest absolute Gasteiger partial charge is 0.137 e. The van der Waals surface area contributed by atoms with Gasteiger partial charge in [-0.25, -0.2) is 0 Å². The Morgan fingerprint density at radius 2 is 1.00 bits per heavy atom. The van der Waals surface area contributed by atoms with E-state index in [1.165, 1.54) is 66.4 Å². The zero-order valence-corrected chi connectivity index (χ0v) is 32.4. The zero-order chi connectivity index (χ0) is 38.6. The Morgan fingerprint density at radius 3 is 1.74 bits per heavy atom. The van der Waals surface area contributed by atoms with Crippen LogP contribution in [0.25, 0.3) is 55.0 Å². The number of anilines is 3. The molecular formula is C56H39NO. The molecule has 2 heteroatoms. The van der Waals surface area contributed by atoms with Crippen LogP contribution < -0.4 is 4.90 Å². The van der Waals surface area contributed by atoms with E-state index in [1.807, 2.05) is 0 Å². The maximum Gasteiger partial charge on any atom is 0.137 e. The van der Waals surface area contributed by atoms with E-state index in [0.29, 0.717) is 0 Å². The number of nitrogens with zero attached hydrogens (tertiary/aromatic N) is 1. The van der Waals surface area contributed by atoms with Gasteiger partial charge in [-0.2, -0.15) is 0 Å². The summed E-state index contributed by atoms with van der Waals surface area (Å²) in [4.78, 5) is 2.50. The van der Waals surface area contributed by atoms with E-state index >= 15 is 0 Å². The van der Waals surface area contributed by atoms with Crippen molar-refractivity contribution in [2.45, 2.75) is 24.7 Å². The third-order valence-corrected chi connectivity index (χ3v) is 13.1. The lowest BCUT2D eigenvalue weighted by atomic mass is 9.68. The van der Waals surface area contributed by atoms with Gasteiger partial charge >= 0.3 is 0 Å². The summed E-state index contributed by atoms with van der Waals surface area (Å²) in [6, 6.07) is 73.7. The monoisotopic (exact) mass is 741 g/mol. The van der Waals surface area contributed by atoms with Crippen molar-refractivity contribution in [2.24, 2.45) is 0 Å². The predicted octanol–water partition coefficient (Wildman–Crippen LogP) is 14.9. The van der Waals surface area contributed by atoms with Crippen molar-refractivity contribution in [3.63, 3.8) is 0 Å². The van der Waals surface area contributed by atoms with E-state index in [4.69, 9.17) is 4.42 Å². The topological polar surface area (TPSA) is 16.4 Å². The van der Waals surface area contributed by atoms with E-state index in [1.54, 1.807) is 0 Å². The molecule has 0 amide bonds. The predicted molar refractivity (Wildman–Crippen MR) is 241 cm³/mol. The molecule has 0 spiro atoms. The molecule has 9 aromatic carbocycles. The molecule has 0 atom stereocenters. The lowest BCUT2D eigenvalue weighted by Gasteiger charge is -2.35. The van der Waals surface area contributed by atoms with Gasteiger partial charge in [-0.1, -0.05) is 178 Å². The highest BCUT2D eigenvalue weighted by atomic mass is 16.3. The molecule has 2 aliphatic rings. The number of fused-ring (bicyclic) bond motifs is 11. The van der Waals surface area contributed by atoms with Crippen LogP contribution in [0.1, 0.15) is 47.2 Å². The molecule has 2 nitrogen and oxygen atoms in total. The molecule has 0 fully saturated rings. The first kappa shape index (κ1) is 33.0. The minimum atomic E-state index is -0.480. The van der Waals surface area contributed by atoms with Crippen molar-refractivity contribution in [3.8, 4) is 22.3 Å². The molecular weight excluding hydrogens is 703 g/mol. The standard InChI is InChI=1S/C56H39NO/c1-55(2)45-25-12-10-23-43(45)53-49(35-36-17-6-7-20-40(36)54(53)55)57(48-28-16-30-51-52(48)44-24-11-15-29-50(44)58-51)39-33-31-38(32-34-39)56(37-18-4-3-5-19-37)46-26-13-8-21-41(46)42-22-9-14-27-47(42)56/h3-35H,1-2H3. The van der Waals surface area contributed by atoms with Crippen molar-refractivity contribution in [1.82, 2.24) is 0 Å². The summed E-state index contributed by atoms with van der Waals surface area (Å²) in [7, 11) is 0. The third kappa shape index (κ3) is 4.38. The molecule has 58 heavy (non-hydrogen) atoms.